The van der Waals surface area contributed by atoms with Crippen LogP contribution in [0.25, 0.3) is 10.9 Å². The molecule has 1 aromatic heterocycles. The van der Waals surface area contributed by atoms with Crippen LogP contribution in [-0.2, 0) is 0 Å². The molecule has 1 heterocycles. The summed E-state index contributed by atoms with van der Waals surface area (Å²) in [6, 6.07) is 12.5. The number of nitrogens with zero attached hydrogens (tertiary/aromatic N) is 1. The van der Waals surface area contributed by atoms with Crippen molar-refractivity contribution >= 4 is 44.3 Å². The predicted octanol–water partition coefficient (Wildman–Crippen LogP) is 4.55. The average molecular weight is 350 g/mol. The summed E-state index contributed by atoms with van der Waals surface area (Å²) in [6.45, 7) is 0. The lowest BCUT2D eigenvalue weighted by Gasteiger charge is -2.07. The number of hydrogen-bond donors (Lipinski definition) is 1. The third kappa shape index (κ3) is 2.39. The van der Waals surface area contributed by atoms with Gasteiger partial charge in [-0.25, -0.2) is 4.79 Å². The summed E-state index contributed by atoms with van der Waals surface area (Å²) in [6.07, 6.45) is 0. The molecule has 0 aliphatic rings. The molecule has 1 N–H and O–H groups in total. The van der Waals surface area contributed by atoms with E-state index in [1.54, 1.807) is 12.1 Å². The Hall–Kier alpha value is -1.92. The summed E-state index contributed by atoms with van der Waals surface area (Å²) in [5, 5.41) is 10.7. The molecule has 0 fully saturated rings. The Morgan fingerprint density at radius 3 is 2.85 bits per heavy atom. The standard InChI is InChI=1S/C14H8BrNO3S/c15-8-5-6-12(10(7-8)13(17)18)19-14-9-3-1-2-4-11(9)16-20-14/h1-7H,(H,17,18). The van der Waals surface area contributed by atoms with Crippen LogP contribution in [0.2, 0.25) is 0 Å². The van der Waals surface area contributed by atoms with Crippen molar-refractivity contribution in [3.8, 4) is 10.8 Å². The fourth-order valence-electron chi connectivity index (χ4n) is 1.80. The third-order valence-corrected chi connectivity index (χ3v) is 3.98. The second kappa shape index (κ2) is 5.22. The maximum Gasteiger partial charge on any atom is 0.339 e. The van der Waals surface area contributed by atoms with Crippen LogP contribution in [0.4, 0.5) is 0 Å². The lowest BCUT2D eigenvalue weighted by Crippen LogP contribution is -1.99. The van der Waals surface area contributed by atoms with Crippen molar-refractivity contribution in [3.05, 3.63) is 52.5 Å². The minimum Gasteiger partial charge on any atom is -0.478 e. The Kier molecular flexibility index (Phi) is 3.42. The highest BCUT2D eigenvalue weighted by Gasteiger charge is 2.15. The summed E-state index contributed by atoms with van der Waals surface area (Å²) in [7, 11) is 0. The number of halogens is 1. The first-order chi connectivity index (χ1) is 9.65. The van der Waals surface area contributed by atoms with Gasteiger partial charge in [0.05, 0.1) is 10.9 Å². The first-order valence-corrected chi connectivity index (χ1v) is 7.27. The smallest absolute Gasteiger partial charge is 0.339 e. The molecule has 0 unspecified atom stereocenters. The van der Waals surface area contributed by atoms with Crippen LogP contribution in [-0.4, -0.2) is 15.4 Å². The van der Waals surface area contributed by atoms with Gasteiger partial charge in [-0.15, -0.1) is 0 Å². The molecule has 0 amide bonds. The lowest BCUT2D eigenvalue weighted by molar-refractivity contribution is 0.0694. The van der Waals surface area contributed by atoms with Gasteiger partial charge in [-0.05, 0) is 30.3 Å². The van der Waals surface area contributed by atoms with Gasteiger partial charge < -0.3 is 9.84 Å². The molecule has 100 valence electrons. The van der Waals surface area contributed by atoms with E-state index in [1.165, 1.54) is 17.6 Å². The number of benzene rings is 2. The Bertz CT molecular complexity index is 800. The minimum atomic E-state index is -1.03. The quantitative estimate of drug-likeness (QED) is 0.753. The fourth-order valence-corrected chi connectivity index (χ4v) is 2.90. The summed E-state index contributed by atoms with van der Waals surface area (Å²) in [4.78, 5) is 11.3. The maximum atomic E-state index is 11.3. The number of carboxylic acid groups (broad SMARTS) is 1. The summed E-state index contributed by atoms with van der Waals surface area (Å²) in [5.41, 5.74) is 0.943. The van der Waals surface area contributed by atoms with E-state index in [2.05, 4.69) is 20.3 Å². The van der Waals surface area contributed by atoms with Crippen LogP contribution in [0.1, 0.15) is 10.4 Å². The zero-order valence-electron chi connectivity index (χ0n) is 10.0. The van der Waals surface area contributed by atoms with Crippen molar-refractivity contribution < 1.29 is 14.6 Å². The number of aromatic carboxylic acids is 1. The van der Waals surface area contributed by atoms with Gasteiger partial charge in [0.2, 0.25) is 5.06 Å². The number of carboxylic acids is 1. The highest BCUT2D eigenvalue weighted by molar-refractivity contribution is 9.10. The van der Waals surface area contributed by atoms with E-state index in [4.69, 9.17) is 4.74 Å². The molecular formula is C14H8BrNO3S. The van der Waals surface area contributed by atoms with Gasteiger partial charge in [-0.1, -0.05) is 28.1 Å². The normalized spacial score (nSPS) is 10.7. The molecule has 0 aliphatic heterocycles. The predicted molar refractivity (Wildman–Crippen MR) is 80.8 cm³/mol. The molecule has 0 atom stereocenters. The first-order valence-electron chi connectivity index (χ1n) is 5.70. The summed E-state index contributed by atoms with van der Waals surface area (Å²) < 4.78 is 10.7. The van der Waals surface area contributed by atoms with Crippen LogP contribution in [0, 0.1) is 0 Å². The van der Waals surface area contributed by atoms with Crippen molar-refractivity contribution in [2.24, 2.45) is 0 Å². The topological polar surface area (TPSA) is 59.4 Å². The molecule has 3 rings (SSSR count). The largest absolute Gasteiger partial charge is 0.478 e. The first kappa shape index (κ1) is 13.1. The SMILES string of the molecule is O=C(O)c1cc(Br)ccc1Oc1snc2ccccc12. The van der Waals surface area contributed by atoms with Crippen molar-refractivity contribution in [3.63, 3.8) is 0 Å². The van der Waals surface area contributed by atoms with Gasteiger partial charge in [0.15, 0.2) is 0 Å². The van der Waals surface area contributed by atoms with Crippen LogP contribution < -0.4 is 4.74 Å². The molecule has 20 heavy (non-hydrogen) atoms. The second-order valence-electron chi connectivity index (χ2n) is 4.03. The maximum absolute atomic E-state index is 11.3. The van der Waals surface area contributed by atoms with E-state index in [1.807, 2.05) is 24.3 Å². The minimum absolute atomic E-state index is 0.108. The van der Waals surface area contributed by atoms with Gasteiger partial charge in [0, 0.05) is 16.0 Å². The molecular weight excluding hydrogens is 342 g/mol. The molecule has 0 aliphatic carbocycles. The zero-order valence-corrected chi connectivity index (χ0v) is 12.4. The van der Waals surface area contributed by atoms with Crippen LogP contribution in [0.3, 0.4) is 0 Å². The highest BCUT2D eigenvalue weighted by Crippen LogP contribution is 2.35. The second-order valence-corrected chi connectivity index (χ2v) is 5.69. The Morgan fingerprint density at radius 1 is 1.25 bits per heavy atom. The van der Waals surface area contributed by atoms with Crippen molar-refractivity contribution in [1.82, 2.24) is 4.37 Å². The highest BCUT2D eigenvalue weighted by atomic mass is 79.9. The number of fused-ring (bicyclic) bond motifs is 1. The molecule has 2 aromatic carbocycles. The van der Waals surface area contributed by atoms with Gasteiger partial charge >= 0.3 is 5.97 Å². The molecule has 3 aromatic rings. The van der Waals surface area contributed by atoms with Crippen LogP contribution in [0.5, 0.6) is 10.8 Å². The number of aromatic nitrogens is 1. The molecule has 4 nitrogen and oxygen atoms in total. The molecule has 0 saturated carbocycles. The summed E-state index contributed by atoms with van der Waals surface area (Å²) in [5.74, 6) is -0.731. The van der Waals surface area contributed by atoms with Crippen molar-refractivity contribution in [1.29, 1.82) is 0 Å². The Balaban J connectivity index is 2.05. The van der Waals surface area contributed by atoms with E-state index < -0.39 is 5.97 Å². The molecule has 0 spiro atoms. The van der Waals surface area contributed by atoms with Gasteiger partial charge in [0.1, 0.15) is 11.3 Å². The van der Waals surface area contributed by atoms with E-state index in [-0.39, 0.29) is 5.56 Å². The van der Waals surface area contributed by atoms with E-state index in [9.17, 15) is 9.90 Å². The van der Waals surface area contributed by atoms with Crippen molar-refractivity contribution in [2.45, 2.75) is 0 Å². The molecule has 6 heteroatoms. The third-order valence-electron chi connectivity index (χ3n) is 2.73. The van der Waals surface area contributed by atoms with Gasteiger partial charge in [-0.3, -0.25) is 0 Å². The molecule has 0 radical (unpaired) electrons. The van der Waals surface area contributed by atoms with Crippen LogP contribution in [0.15, 0.2) is 46.9 Å². The zero-order chi connectivity index (χ0) is 14.1. The lowest BCUT2D eigenvalue weighted by atomic mass is 10.2. The number of rotatable bonds is 3. The number of ether oxygens (including phenoxy) is 1. The molecule has 0 bridgehead atoms. The Labute approximate surface area is 126 Å². The van der Waals surface area contributed by atoms with E-state index >= 15 is 0 Å². The average Bonchev–Trinajstić information content (AvgIpc) is 2.84. The van der Waals surface area contributed by atoms with Gasteiger partial charge in [0.25, 0.3) is 0 Å². The van der Waals surface area contributed by atoms with Crippen LogP contribution >= 0.6 is 27.5 Å². The Morgan fingerprint density at radius 2 is 2.05 bits per heavy atom. The monoisotopic (exact) mass is 349 g/mol. The van der Waals surface area contributed by atoms with E-state index in [0.717, 1.165) is 10.9 Å². The van der Waals surface area contributed by atoms with Gasteiger partial charge in [-0.2, -0.15) is 4.37 Å². The number of carbonyl (C=O) groups is 1. The van der Waals surface area contributed by atoms with E-state index in [0.29, 0.717) is 15.3 Å². The van der Waals surface area contributed by atoms with Crippen molar-refractivity contribution in [2.75, 3.05) is 0 Å². The summed E-state index contributed by atoms with van der Waals surface area (Å²) >= 11 is 4.46. The number of hydrogen-bond acceptors (Lipinski definition) is 4. The fraction of sp³-hybridized carbons (Fsp3) is 0. The molecule has 0 saturated heterocycles.